The number of hydrogen-bond donors (Lipinski definition) is 1. The van der Waals surface area contributed by atoms with Crippen LogP contribution >= 0.6 is 0 Å². The van der Waals surface area contributed by atoms with Gasteiger partial charge in [0.15, 0.2) is 5.82 Å². The minimum absolute atomic E-state index is 0.377. The van der Waals surface area contributed by atoms with Crippen LogP contribution in [0.15, 0.2) is 4.52 Å². The molecule has 6 heteroatoms. The predicted molar refractivity (Wildman–Crippen MR) is 52.2 cm³/mol. The second kappa shape index (κ2) is 4.88. The molecule has 1 heterocycles. The first-order valence-electron chi connectivity index (χ1n) is 4.76. The van der Waals surface area contributed by atoms with Gasteiger partial charge in [-0.3, -0.25) is 9.69 Å². The molecule has 0 aliphatic carbocycles. The molecule has 0 saturated heterocycles. The van der Waals surface area contributed by atoms with Crippen molar-refractivity contribution in [1.29, 1.82) is 0 Å². The van der Waals surface area contributed by atoms with Crippen molar-refractivity contribution in [2.45, 2.75) is 32.9 Å². The van der Waals surface area contributed by atoms with Crippen molar-refractivity contribution in [3.05, 3.63) is 11.7 Å². The summed E-state index contributed by atoms with van der Waals surface area (Å²) in [5, 5.41) is 12.6. The number of hydrogen-bond acceptors (Lipinski definition) is 5. The number of aryl methyl sites for hydroxylation is 1. The Balaban J connectivity index is 2.61. The molecule has 1 aromatic heterocycles. The van der Waals surface area contributed by atoms with Crippen molar-refractivity contribution in [2.75, 3.05) is 7.05 Å². The van der Waals surface area contributed by atoms with Crippen LogP contribution in [0.2, 0.25) is 0 Å². The standard InChI is InChI=1S/C9H15N3O3/c1-4-7(9(13)14)12(3)5-8-10-6(2)15-11-8/h7H,4-5H2,1-3H3,(H,13,14). The highest BCUT2D eigenvalue weighted by Gasteiger charge is 2.21. The SMILES string of the molecule is CCC(C(=O)O)N(C)Cc1noc(C)n1. The van der Waals surface area contributed by atoms with E-state index in [2.05, 4.69) is 10.1 Å². The number of likely N-dealkylation sites (N-methyl/N-ethyl adjacent to an activating group) is 1. The minimum atomic E-state index is -0.833. The van der Waals surface area contributed by atoms with E-state index in [1.54, 1.807) is 18.9 Å². The van der Waals surface area contributed by atoms with Crippen molar-refractivity contribution in [2.24, 2.45) is 0 Å². The highest BCUT2D eigenvalue weighted by molar-refractivity contribution is 5.73. The number of carboxylic acids is 1. The normalized spacial score (nSPS) is 13.1. The summed E-state index contributed by atoms with van der Waals surface area (Å²) >= 11 is 0. The predicted octanol–water partition coefficient (Wildman–Crippen LogP) is 0.673. The van der Waals surface area contributed by atoms with Crippen LogP contribution in [0.25, 0.3) is 0 Å². The topological polar surface area (TPSA) is 79.5 Å². The lowest BCUT2D eigenvalue weighted by atomic mass is 10.2. The molecule has 15 heavy (non-hydrogen) atoms. The zero-order valence-electron chi connectivity index (χ0n) is 9.10. The molecule has 0 fully saturated rings. The third-order valence-corrected chi connectivity index (χ3v) is 2.16. The van der Waals surface area contributed by atoms with E-state index in [1.807, 2.05) is 6.92 Å². The number of rotatable bonds is 5. The minimum Gasteiger partial charge on any atom is -0.480 e. The van der Waals surface area contributed by atoms with Crippen LogP contribution in [0.5, 0.6) is 0 Å². The van der Waals surface area contributed by atoms with Gasteiger partial charge in [0.2, 0.25) is 5.89 Å². The average Bonchev–Trinajstić information content (AvgIpc) is 2.51. The van der Waals surface area contributed by atoms with Crippen molar-refractivity contribution < 1.29 is 14.4 Å². The first kappa shape index (κ1) is 11.6. The van der Waals surface area contributed by atoms with Crippen LogP contribution in [0.4, 0.5) is 0 Å². The Morgan fingerprint density at radius 1 is 1.67 bits per heavy atom. The molecular weight excluding hydrogens is 198 g/mol. The van der Waals surface area contributed by atoms with Gasteiger partial charge in [-0.15, -0.1) is 0 Å². The third kappa shape index (κ3) is 3.02. The summed E-state index contributed by atoms with van der Waals surface area (Å²) < 4.78 is 4.80. The maximum absolute atomic E-state index is 10.9. The summed E-state index contributed by atoms with van der Waals surface area (Å²) in [5.74, 6) is 0.164. The van der Waals surface area contributed by atoms with E-state index in [1.165, 1.54) is 0 Å². The van der Waals surface area contributed by atoms with Gasteiger partial charge >= 0.3 is 5.97 Å². The third-order valence-electron chi connectivity index (χ3n) is 2.16. The Morgan fingerprint density at radius 2 is 2.33 bits per heavy atom. The van der Waals surface area contributed by atoms with E-state index in [0.717, 1.165) is 0 Å². The van der Waals surface area contributed by atoms with E-state index in [0.29, 0.717) is 24.7 Å². The molecule has 84 valence electrons. The summed E-state index contributed by atoms with van der Waals surface area (Å²) in [6.45, 7) is 3.91. The molecule has 1 N–H and O–H groups in total. The summed E-state index contributed by atoms with van der Waals surface area (Å²) in [4.78, 5) is 16.6. The monoisotopic (exact) mass is 213 g/mol. The fourth-order valence-electron chi connectivity index (χ4n) is 1.41. The number of carboxylic acid groups (broad SMARTS) is 1. The number of nitrogens with zero attached hydrogens (tertiary/aromatic N) is 3. The molecule has 1 unspecified atom stereocenters. The lowest BCUT2D eigenvalue weighted by molar-refractivity contribution is -0.143. The zero-order chi connectivity index (χ0) is 11.4. The Labute approximate surface area is 87.9 Å². The summed E-state index contributed by atoms with van der Waals surface area (Å²) in [6, 6.07) is -0.510. The van der Waals surface area contributed by atoms with Gasteiger partial charge in [-0.25, -0.2) is 0 Å². The second-order valence-corrected chi connectivity index (χ2v) is 3.41. The molecule has 0 amide bonds. The van der Waals surface area contributed by atoms with Gasteiger partial charge in [-0.05, 0) is 13.5 Å². The highest BCUT2D eigenvalue weighted by Crippen LogP contribution is 2.06. The van der Waals surface area contributed by atoms with Crippen LogP contribution in [-0.2, 0) is 11.3 Å². The molecule has 1 atom stereocenters. The lowest BCUT2D eigenvalue weighted by Crippen LogP contribution is -2.37. The molecular formula is C9H15N3O3. The Bertz CT molecular complexity index is 337. The Kier molecular flexibility index (Phi) is 3.79. The van der Waals surface area contributed by atoms with Gasteiger partial charge in [0.05, 0.1) is 6.54 Å². The van der Waals surface area contributed by atoms with Crippen molar-refractivity contribution >= 4 is 5.97 Å². The largest absolute Gasteiger partial charge is 0.480 e. The van der Waals surface area contributed by atoms with E-state index >= 15 is 0 Å². The molecule has 6 nitrogen and oxygen atoms in total. The molecule has 0 aliphatic rings. The van der Waals surface area contributed by atoms with E-state index in [9.17, 15) is 4.79 Å². The first-order valence-corrected chi connectivity index (χ1v) is 4.76. The maximum atomic E-state index is 10.9. The molecule has 0 aromatic carbocycles. The fraction of sp³-hybridized carbons (Fsp3) is 0.667. The highest BCUT2D eigenvalue weighted by atomic mass is 16.5. The van der Waals surface area contributed by atoms with Gasteiger partial charge in [0.25, 0.3) is 0 Å². The number of aliphatic carboxylic acids is 1. The van der Waals surface area contributed by atoms with Crippen LogP contribution < -0.4 is 0 Å². The number of aromatic nitrogens is 2. The van der Waals surface area contributed by atoms with E-state index < -0.39 is 12.0 Å². The summed E-state index contributed by atoms with van der Waals surface area (Å²) in [7, 11) is 1.73. The maximum Gasteiger partial charge on any atom is 0.320 e. The molecule has 0 spiro atoms. The fourth-order valence-corrected chi connectivity index (χ4v) is 1.41. The zero-order valence-corrected chi connectivity index (χ0v) is 9.10. The molecule has 0 bridgehead atoms. The average molecular weight is 213 g/mol. The van der Waals surface area contributed by atoms with Crippen molar-refractivity contribution in [3.8, 4) is 0 Å². The first-order chi connectivity index (χ1) is 7.04. The van der Waals surface area contributed by atoms with Crippen molar-refractivity contribution in [3.63, 3.8) is 0 Å². The second-order valence-electron chi connectivity index (χ2n) is 3.41. The number of carbonyl (C=O) groups is 1. The molecule has 0 radical (unpaired) electrons. The van der Waals surface area contributed by atoms with Crippen LogP contribution in [0.3, 0.4) is 0 Å². The van der Waals surface area contributed by atoms with Crippen LogP contribution in [0.1, 0.15) is 25.1 Å². The van der Waals surface area contributed by atoms with Gasteiger partial charge < -0.3 is 9.63 Å². The Morgan fingerprint density at radius 3 is 2.73 bits per heavy atom. The van der Waals surface area contributed by atoms with Crippen LogP contribution in [-0.4, -0.2) is 39.2 Å². The molecule has 1 aromatic rings. The molecule has 0 aliphatic heterocycles. The quantitative estimate of drug-likeness (QED) is 0.774. The summed E-state index contributed by atoms with van der Waals surface area (Å²) in [6.07, 6.45) is 0.544. The Hall–Kier alpha value is -1.43. The van der Waals surface area contributed by atoms with Gasteiger partial charge in [-0.1, -0.05) is 12.1 Å². The smallest absolute Gasteiger partial charge is 0.320 e. The van der Waals surface area contributed by atoms with Gasteiger partial charge in [-0.2, -0.15) is 4.98 Å². The van der Waals surface area contributed by atoms with Gasteiger partial charge in [0.1, 0.15) is 6.04 Å². The van der Waals surface area contributed by atoms with Crippen LogP contribution in [0, 0.1) is 6.92 Å². The van der Waals surface area contributed by atoms with Gasteiger partial charge in [0, 0.05) is 6.92 Å². The van der Waals surface area contributed by atoms with Crippen molar-refractivity contribution in [1.82, 2.24) is 15.0 Å². The van der Waals surface area contributed by atoms with E-state index in [-0.39, 0.29) is 0 Å². The van der Waals surface area contributed by atoms with E-state index in [4.69, 9.17) is 9.63 Å². The molecule has 0 saturated carbocycles. The summed E-state index contributed by atoms with van der Waals surface area (Å²) in [5.41, 5.74) is 0. The molecule has 1 rings (SSSR count). The lowest BCUT2D eigenvalue weighted by Gasteiger charge is -2.21.